The van der Waals surface area contributed by atoms with Crippen molar-refractivity contribution in [2.45, 2.75) is 52.9 Å². The van der Waals surface area contributed by atoms with Crippen molar-refractivity contribution in [1.82, 2.24) is 0 Å². The molecule has 0 unspecified atom stereocenters. The Morgan fingerprint density at radius 3 is 2.50 bits per heavy atom. The third-order valence-electron chi connectivity index (χ3n) is 5.47. The average molecular weight is 224 g/mol. The van der Waals surface area contributed by atoms with Gasteiger partial charge < -0.3 is 5.11 Å². The molecule has 6 atom stereocenters. The van der Waals surface area contributed by atoms with Crippen LogP contribution < -0.4 is 0 Å². The lowest BCUT2D eigenvalue weighted by Gasteiger charge is -2.48. The van der Waals surface area contributed by atoms with Gasteiger partial charge in [-0.2, -0.15) is 0 Å². The summed E-state index contributed by atoms with van der Waals surface area (Å²) in [5.74, 6) is 5.04. The Hall–Kier alpha value is -0.0400. The van der Waals surface area contributed by atoms with E-state index < -0.39 is 0 Å². The minimum absolute atomic E-state index is 0.386. The first-order valence-electron chi connectivity index (χ1n) is 7.24. The number of aliphatic hydroxyl groups is 1. The number of rotatable bonds is 2. The molecule has 2 fully saturated rings. The fourth-order valence-corrected chi connectivity index (χ4v) is 4.37. The molecule has 1 nitrogen and oxygen atoms in total. The van der Waals surface area contributed by atoms with Gasteiger partial charge in [-0.05, 0) is 54.8 Å². The van der Waals surface area contributed by atoms with E-state index in [0.717, 1.165) is 29.6 Å². The van der Waals surface area contributed by atoms with E-state index in [1.807, 2.05) is 0 Å². The van der Waals surface area contributed by atoms with E-state index in [1.165, 1.54) is 32.1 Å². The van der Waals surface area contributed by atoms with Crippen LogP contribution in [0.2, 0.25) is 0 Å². The molecule has 0 spiro atoms. The predicted molar refractivity (Wildman–Crippen MR) is 68.1 cm³/mol. The lowest BCUT2D eigenvalue weighted by atomic mass is 9.57. The molecular formula is C15H28O. The summed E-state index contributed by atoms with van der Waals surface area (Å²) in [7, 11) is 0. The van der Waals surface area contributed by atoms with Crippen LogP contribution in [0.1, 0.15) is 52.9 Å². The van der Waals surface area contributed by atoms with E-state index in [4.69, 9.17) is 0 Å². The second kappa shape index (κ2) is 5.08. The minimum Gasteiger partial charge on any atom is -0.396 e. The fraction of sp³-hybridized carbons (Fsp3) is 1.00. The first-order chi connectivity index (χ1) is 7.63. The average Bonchev–Trinajstić information content (AvgIpc) is 2.28. The molecule has 1 heteroatoms. The van der Waals surface area contributed by atoms with Gasteiger partial charge in [-0.25, -0.2) is 0 Å². The molecule has 0 bridgehead atoms. The Labute approximate surface area is 101 Å². The summed E-state index contributed by atoms with van der Waals surface area (Å²) in [5, 5.41) is 9.41. The molecule has 2 aliphatic carbocycles. The maximum Gasteiger partial charge on any atom is 0.0459 e. The van der Waals surface area contributed by atoms with E-state index in [0.29, 0.717) is 12.5 Å². The van der Waals surface area contributed by atoms with Crippen LogP contribution in [-0.4, -0.2) is 11.7 Å². The van der Waals surface area contributed by atoms with E-state index in [2.05, 4.69) is 20.8 Å². The zero-order chi connectivity index (χ0) is 11.7. The number of hydrogen-bond acceptors (Lipinski definition) is 1. The zero-order valence-electron chi connectivity index (χ0n) is 11.2. The third-order valence-corrected chi connectivity index (χ3v) is 5.47. The highest BCUT2D eigenvalue weighted by atomic mass is 16.3. The van der Waals surface area contributed by atoms with Crippen LogP contribution in [0, 0.1) is 35.5 Å². The molecule has 0 aromatic rings. The van der Waals surface area contributed by atoms with Gasteiger partial charge in [0.2, 0.25) is 0 Å². The maximum absolute atomic E-state index is 9.41. The lowest BCUT2D eigenvalue weighted by Crippen LogP contribution is -2.40. The molecule has 0 aromatic heterocycles. The summed E-state index contributed by atoms with van der Waals surface area (Å²) in [6, 6.07) is 0. The summed E-state index contributed by atoms with van der Waals surface area (Å²) in [6.45, 7) is 7.50. The Balaban J connectivity index is 2.09. The van der Waals surface area contributed by atoms with Gasteiger partial charge in [-0.15, -0.1) is 0 Å². The van der Waals surface area contributed by atoms with Gasteiger partial charge in [0, 0.05) is 6.61 Å². The molecule has 0 aliphatic heterocycles. The molecule has 2 aliphatic rings. The van der Waals surface area contributed by atoms with Crippen LogP contribution in [0.25, 0.3) is 0 Å². The van der Waals surface area contributed by atoms with Gasteiger partial charge in [0.15, 0.2) is 0 Å². The van der Waals surface area contributed by atoms with Crippen molar-refractivity contribution in [3.05, 3.63) is 0 Å². The molecule has 1 N–H and O–H groups in total. The zero-order valence-corrected chi connectivity index (χ0v) is 11.2. The summed E-state index contributed by atoms with van der Waals surface area (Å²) in [6.07, 6.45) is 7.05. The van der Waals surface area contributed by atoms with Crippen molar-refractivity contribution in [3.63, 3.8) is 0 Å². The van der Waals surface area contributed by atoms with Crippen molar-refractivity contribution < 1.29 is 5.11 Å². The molecular weight excluding hydrogens is 196 g/mol. The number of aliphatic hydroxyl groups excluding tert-OH is 1. The molecule has 0 radical (unpaired) electrons. The Kier molecular flexibility index (Phi) is 3.94. The number of fused-ring (bicyclic) bond motifs is 1. The number of hydrogen-bond donors (Lipinski definition) is 1. The van der Waals surface area contributed by atoms with E-state index >= 15 is 0 Å². The highest BCUT2D eigenvalue weighted by Gasteiger charge is 2.41. The molecule has 2 rings (SSSR count). The topological polar surface area (TPSA) is 20.2 Å². The van der Waals surface area contributed by atoms with Gasteiger partial charge in [0.1, 0.15) is 0 Å². The normalized spacial score (nSPS) is 46.1. The Morgan fingerprint density at radius 1 is 1.06 bits per heavy atom. The molecule has 16 heavy (non-hydrogen) atoms. The molecule has 94 valence electrons. The van der Waals surface area contributed by atoms with Crippen LogP contribution >= 0.6 is 0 Å². The second-order valence-corrected chi connectivity index (χ2v) is 6.62. The van der Waals surface area contributed by atoms with Crippen molar-refractivity contribution >= 4 is 0 Å². The van der Waals surface area contributed by atoms with E-state index in [1.54, 1.807) is 0 Å². The SMILES string of the molecule is C[C@@H]1CC[C@H]2[C@@H](C1)[C@H]([C@H](C)CO)CC[C@H]2C. The van der Waals surface area contributed by atoms with Crippen molar-refractivity contribution in [2.24, 2.45) is 35.5 Å². The van der Waals surface area contributed by atoms with Crippen molar-refractivity contribution in [3.8, 4) is 0 Å². The van der Waals surface area contributed by atoms with Crippen LogP contribution in [0.15, 0.2) is 0 Å². The quantitative estimate of drug-likeness (QED) is 0.758. The maximum atomic E-state index is 9.41. The van der Waals surface area contributed by atoms with Gasteiger partial charge in [-0.1, -0.05) is 33.6 Å². The standard InChI is InChI=1S/C15H28O/c1-10-4-6-13-11(2)5-7-14(12(3)9-16)15(13)8-10/h10-16H,4-9H2,1-3H3/t10-,11-,12-,13-,14+,15-/m1/s1. The summed E-state index contributed by atoms with van der Waals surface area (Å²) >= 11 is 0. The molecule has 0 aromatic carbocycles. The van der Waals surface area contributed by atoms with E-state index in [9.17, 15) is 5.11 Å². The first-order valence-corrected chi connectivity index (χ1v) is 7.24. The summed E-state index contributed by atoms with van der Waals surface area (Å²) < 4.78 is 0. The second-order valence-electron chi connectivity index (χ2n) is 6.62. The molecule has 0 amide bonds. The third kappa shape index (κ3) is 2.30. The Morgan fingerprint density at radius 2 is 1.81 bits per heavy atom. The van der Waals surface area contributed by atoms with Gasteiger partial charge in [-0.3, -0.25) is 0 Å². The fourth-order valence-electron chi connectivity index (χ4n) is 4.37. The van der Waals surface area contributed by atoms with Crippen LogP contribution in [0.4, 0.5) is 0 Å². The largest absolute Gasteiger partial charge is 0.396 e. The lowest BCUT2D eigenvalue weighted by molar-refractivity contribution is 0.00169. The molecule has 0 saturated heterocycles. The molecule has 2 saturated carbocycles. The van der Waals surface area contributed by atoms with Gasteiger partial charge in [0.05, 0.1) is 0 Å². The predicted octanol–water partition coefficient (Wildman–Crippen LogP) is 3.71. The van der Waals surface area contributed by atoms with Crippen LogP contribution in [-0.2, 0) is 0 Å². The van der Waals surface area contributed by atoms with Crippen LogP contribution in [0.3, 0.4) is 0 Å². The summed E-state index contributed by atoms with van der Waals surface area (Å²) in [4.78, 5) is 0. The first kappa shape index (κ1) is 12.4. The molecule has 0 heterocycles. The highest BCUT2D eigenvalue weighted by Crippen LogP contribution is 2.50. The smallest absolute Gasteiger partial charge is 0.0459 e. The summed E-state index contributed by atoms with van der Waals surface area (Å²) in [5.41, 5.74) is 0. The van der Waals surface area contributed by atoms with Crippen LogP contribution in [0.5, 0.6) is 0 Å². The monoisotopic (exact) mass is 224 g/mol. The minimum atomic E-state index is 0.386. The van der Waals surface area contributed by atoms with Gasteiger partial charge >= 0.3 is 0 Å². The van der Waals surface area contributed by atoms with E-state index in [-0.39, 0.29) is 0 Å². The van der Waals surface area contributed by atoms with Crippen molar-refractivity contribution in [2.75, 3.05) is 6.61 Å². The highest BCUT2D eigenvalue weighted by molar-refractivity contribution is 4.91. The van der Waals surface area contributed by atoms with Crippen molar-refractivity contribution in [1.29, 1.82) is 0 Å². The van der Waals surface area contributed by atoms with Gasteiger partial charge in [0.25, 0.3) is 0 Å². The Bertz CT molecular complexity index is 225.